The van der Waals surface area contributed by atoms with Crippen molar-refractivity contribution >= 4 is 11.0 Å². The topological polar surface area (TPSA) is 66.7 Å². The Kier molecular flexibility index (Phi) is 2.82. The third-order valence-corrected chi connectivity index (χ3v) is 3.44. The van der Waals surface area contributed by atoms with E-state index in [4.69, 9.17) is 5.73 Å². The Morgan fingerprint density at radius 3 is 3.06 bits per heavy atom. The molecule has 0 radical (unpaired) electrons. The van der Waals surface area contributed by atoms with Crippen LogP contribution in [0.4, 0.5) is 0 Å². The van der Waals surface area contributed by atoms with Gasteiger partial charge >= 0.3 is 0 Å². The Bertz CT molecular complexity index is 511. The van der Waals surface area contributed by atoms with Gasteiger partial charge in [0.1, 0.15) is 5.82 Å². The van der Waals surface area contributed by atoms with Crippen LogP contribution in [-0.2, 0) is 6.54 Å². The Balaban J connectivity index is 1.95. The molecule has 4 heteroatoms. The van der Waals surface area contributed by atoms with Crippen molar-refractivity contribution in [1.82, 2.24) is 15.3 Å². The van der Waals surface area contributed by atoms with Gasteiger partial charge in [-0.05, 0) is 37.1 Å². The van der Waals surface area contributed by atoms with Crippen LogP contribution in [0.25, 0.3) is 11.0 Å². The summed E-state index contributed by atoms with van der Waals surface area (Å²) < 4.78 is 0. The van der Waals surface area contributed by atoms with E-state index in [2.05, 4.69) is 21.4 Å². The predicted octanol–water partition coefficient (Wildman–Crippen LogP) is 1.84. The minimum absolute atomic E-state index is 0.387. The fraction of sp³-hybridized carbons (Fsp3) is 0.462. The third-order valence-electron chi connectivity index (χ3n) is 3.44. The van der Waals surface area contributed by atoms with Crippen molar-refractivity contribution in [1.29, 1.82) is 0 Å². The fourth-order valence-electron chi connectivity index (χ4n) is 2.45. The average Bonchev–Trinajstić information content (AvgIpc) is 2.82. The summed E-state index contributed by atoms with van der Waals surface area (Å²) >= 11 is 0. The second kappa shape index (κ2) is 4.47. The second-order valence-corrected chi connectivity index (χ2v) is 4.68. The largest absolute Gasteiger partial charge is 0.341 e. The molecular formula is C13H18N4. The Morgan fingerprint density at radius 2 is 2.29 bits per heavy atom. The molecule has 17 heavy (non-hydrogen) atoms. The van der Waals surface area contributed by atoms with E-state index in [0.29, 0.717) is 12.6 Å². The van der Waals surface area contributed by atoms with Gasteiger partial charge in [0, 0.05) is 6.54 Å². The number of nitrogens with one attached hydrogen (secondary N) is 2. The third kappa shape index (κ3) is 2.06. The van der Waals surface area contributed by atoms with Crippen LogP contribution >= 0.6 is 0 Å². The van der Waals surface area contributed by atoms with Gasteiger partial charge < -0.3 is 16.0 Å². The quantitative estimate of drug-likeness (QED) is 0.737. The van der Waals surface area contributed by atoms with Crippen LogP contribution in [-0.4, -0.2) is 16.5 Å². The molecule has 90 valence electrons. The Morgan fingerprint density at radius 1 is 1.35 bits per heavy atom. The first-order valence-electron chi connectivity index (χ1n) is 6.29. The minimum atomic E-state index is 0.387. The van der Waals surface area contributed by atoms with Crippen LogP contribution < -0.4 is 11.1 Å². The monoisotopic (exact) mass is 230 g/mol. The summed E-state index contributed by atoms with van der Waals surface area (Å²) in [6, 6.07) is 6.56. The molecule has 1 saturated heterocycles. The van der Waals surface area contributed by atoms with Gasteiger partial charge in [-0.2, -0.15) is 0 Å². The zero-order valence-electron chi connectivity index (χ0n) is 9.87. The molecule has 0 bridgehead atoms. The van der Waals surface area contributed by atoms with Crippen molar-refractivity contribution < 1.29 is 0 Å². The molecule has 4 nitrogen and oxygen atoms in total. The number of benzene rings is 1. The first-order valence-corrected chi connectivity index (χ1v) is 6.29. The standard InChI is InChI=1S/C13H18N4/c14-8-9-4-5-10-12(7-9)17-13(16-10)11-3-1-2-6-15-11/h4-5,7,11,15H,1-3,6,8,14H2,(H,16,17). The molecular weight excluding hydrogens is 212 g/mol. The van der Waals surface area contributed by atoms with E-state index >= 15 is 0 Å². The summed E-state index contributed by atoms with van der Waals surface area (Å²) in [6.07, 6.45) is 3.72. The lowest BCUT2D eigenvalue weighted by atomic mass is 10.0. The smallest absolute Gasteiger partial charge is 0.124 e. The highest BCUT2D eigenvalue weighted by atomic mass is 15.0. The van der Waals surface area contributed by atoms with Crippen molar-refractivity contribution in [3.63, 3.8) is 0 Å². The maximum Gasteiger partial charge on any atom is 0.124 e. The SMILES string of the molecule is NCc1ccc2nc(C3CCCCN3)[nH]c2c1. The van der Waals surface area contributed by atoms with Crippen LogP contribution in [0, 0.1) is 0 Å². The molecule has 0 spiro atoms. The van der Waals surface area contributed by atoms with Crippen LogP contribution in [0.2, 0.25) is 0 Å². The number of hydrogen-bond acceptors (Lipinski definition) is 3. The van der Waals surface area contributed by atoms with E-state index in [-0.39, 0.29) is 0 Å². The summed E-state index contributed by atoms with van der Waals surface area (Å²) in [6.45, 7) is 1.67. The molecule has 1 fully saturated rings. The number of H-pyrrole nitrogens is 1. The highest BCUT2D eigenvalue weighted by molar-refractivity contribution is 5.76. The second-order valence-electron chi connectivity index (χ2n) is 4.68. The van der Waals surface area contributed by atoms with Crippen LogP contribution in [0.1, 0.15) is 36.7 Å². The molecule has 1 aromatic heterocycles. The van der Waals surface area contributed by atoms with Gasteiger partial charge in [0.25, 0.3) is 0 Å². The Hall–Kier alpha value is -1.39. The maximum atomic E-state index is 5.64. The van der Waals surface area contributed by atoms with Gasteiger partial charge in [-0.3, -0.25) is 0 Å². The molecule has 0 amide bonds. The number of piperidine rings is 1. The number of nitrogens with two attached hydrogens (primary N) is 1. The van der Waals surface area contributed by atoms with E-state index in [1.165, 1.54) is 19.3 Å². The molecule has 1 atom stereocenters. The molecule has 2 aromatic rings. The van der Waals surface area contributed by atoms with Gasteiger partial charge in [-0.25, -0.2) is 4.98 Å². The summed E-state index contributed by atoms with van der Waals surface area (Å²) in [5.41, 5.74) is 8.91. The van der Waals surface area contributed by atoms with Gasteiger partial charge in [-0.15, -0.1) is 0 Å². The summed E-state index contributed by atoms with van der Waals surface area (Å²) in [5.74, 6) is 1.06. The van der Waals surface area contributed by atoms with E-state index in [0.717, 1.165) is 29.0 Å². The lowest BCUT2D eigenvalue weighted by molar-refractivity contribution is 0.400. The zero-order chi connectivity index (χ0) is 11.7. The molecule has 1 unspecified atom stereocenters. The van der Waals surface area contributed by atoms with Crippen LogP contribution in [0.5, 0.6) is 0 Å². The highest BCUT2D eigenvalue weighted by Crippen LogP contribution is 2.23. The zero-order valence-corrected chi connectivity index (χ0v) is 9.87. The first-order chi connectivity index (χ1) is 8.36. The number of fused-ring (bicyclic) bond motifs is 1. The summed E-state index contributed by atoms with van der Waals surface area (Å²) in [7, 11) is 0. The van der Waals surface area contributed by atoms with Crippen molar-refractivity contribution in [2.75, 3.05) is 6.54 Å². The normalized spacial score (nSPS) is 20.9. The average molecular weight is 230 g/mol. The Labute approximate surface area is 101 Å². The van der Waals surface area contributed by atoms with E-state index in [1.54, 1.807) is 0 Å². The van der Waals surface area contributed by atoms with E-state index in [1.807, 2.05) is 12.1 Å². The van der Waals surface area contributed by atoms with Crippen molar-refractivity contribution in [3.05, 3.63) is 29.6 Å². The van der Waals surface area contributed by atoms with Gasteiger partial charge in [0.15, 0.2) is 0 Å². The molecule has 1 aliphatic rings. The number of nitrogens with zero attached hydrogens (tertiary/aromatic N) is 1. The molecule has 2 heterocycles. The van der Waals surface area contributed by atoms with Crippen molar-refractivity contribution in [2.45, 2.75) is 31.8 Å². The molecule has 3 rings (SSSR count). The fourth-order valence-corrected chi connectivity index (χ4v) is 2.45. The van der Waals surface area contributed by atoms with Crippen LogP contribution in [0.15, 0.2) is 18.2 Å². The highest BCUT2D eigenvalue weighted by Gasteiger charge is 2.17. The summed E-state index contributed by atoms with van der Waals surface area (Å²) in [4.78, 5) is 8.06. The molecule has 1 aromatic carbocycles. The minimum Gasteiger partial charge on any atom is -0.341 e. The van der Waals surface area contributed by atoms with Gasteiger partial charge in [0.2, 0.25) is 0 Å². The van der Waals surface area contributed by atoms with Crippen molar-refractivity contribution in [3.8, 4) is 0 Å². The molecule has 0 saturated carbocycles. The number of rotatable bonds is 2. The molecule has 1 aliphatic heterocycles. The predicted molar refractivity (Wildman–Crippen MR) is 68.6 cm³/mol. The van der Waals surface area contributed by atoms with Gasteiger partial charge in [0.05, 0.1) is 17.1 Å². The first kappa shape index (κ1) is 10.7. The number of hydrogen-bond donors (Lipinski definition) is 3. The number of aromatic amines is 1. The maximum absolute atomic E-state index is 5.64. The molecule has 4 N–H and O–H groups in total. The number of aromatic nitrogens is 2. The van der Waals surface area contributed by atoms with E-state index < -0.39 is 0 Å². The molecule has 0 aliphatic carbocycles. The summed E-state index contributed by atoms with van der Waals surface area (Å²) in [5, 5.41) is 3.51. The van der Waals surface area contributed by atoms with Crippen molar-refractivity contribution in [2.24, 2.45) is 5.73 Å². The van der Waals surface area contributed by atoms with Gasteiger partial charge in [-0.1, -0.05) is 12.5 Å². The lowest BCUT2D eigenvalue weighted by Gasteiger charge is -2.21. The lowest BCUT2D eigenvalue weighted by Crippen LogP contribution is -2.27. The van der Waals surface area contributed by atoms with E-state index in [9.17, 15) is 0 Å². The number of imidazole rings is 1. The van der Waals surface area contributed by atoms with Crippen LogP contribution in [0.3, 0.4) is 0 Å².